The van der Waals surface area contributed by atoms with Gasteiger partial charge in [-0.05, 0) is 60.2 Å². The van der Waals surface area contributed by atoms with Crippen molar-refractivity contribution in [2.24, 2.45) is 5.92 Å². The second-order valence-corrected chi connectivity index (χ2v) is 13.1. The number of amides is 3. The number of fused-ring (bicyclic) bond motifs is 2. The van der Waals surface area contributed by atoms with Gasteiger partial charge in [-0.3, -0.25) is 23.7 Å². The lowest BCUT2D eigenvalue weighted by molar-refractivity contribution is -0.137. The van der Waals surface area contributed by atoms with Crippen molar-refractivity contribution in [3.8, 4) is 5.75 Å². The number of alkyl halides is 3. The van der Waals surface area contributed by atoms with E-state index in [4.69, 9.17) is 4.74 Å². The number of thioether (sulfide) groups is 1. The van der Waals surface area contributed by atoms with Gasteiger partial charge in [0.1, 0.15) is 17.5 Å². The van der Waals surface area contributed by atoms with Crippen molar-refractivity contribution in [3.63, 3.8) is 0 Å². The molecular formula is C32H27F3N4O5S2. The van der Waals surface area contributed by atoms with Crippen LogP contribution in [0.2, 0.25) is 0 Å². The quantitative estimate of drug-likeness (QED) is 0.262. The second kappa shape index (κ2) is 12.0. The average molecular weight is 669 g/mol. The smallest absolute Gasteiger partial charge is 0.416 e. The van der Waals surface area contributed by atoms with Crippen LogP contribution < -0.4 is 24.7 Å². The fraction of sp³-hybridized carbons (Fsp3) is 0.250. The molecule has 6 rings (SSSR count). The number of nitrogens with zero attached hydrogens (tertiary/aromatic N) is 3. The third kappa shape index (κ3) is 5.66. The predicted molar refractivity (Wildman–Crippen MR) is 170 cm³/mol. The van der Waals surface area contributed by atoms with Gasteiger partial charge in [0.25, 0.3) is 0 Å². The van der Waals surface area contributed by atoms with E-state index < -0.39 is 58.0 Å². The van der Waals surface area contributed by atoms with E-state index >= 15 is 0 Å². The third-order valence-corrected chi connectivity index (χ3v) is 10.5. The molecule has 2 aliphatic heterocycles. The van der Waals surface area contributed by atoms with Gasteiger partial charge < -0.3 is 15.0 Å². The van der Waals surface area contributed by atoms with Crippen LogP contribution in [0.1, 0.15) is 21.9 Å². The SMILES string of the molecule is COc1ccc(N2C(=O)C3Sc4c(sc(=O)n4CC(=O)Nc4cccc(C(F)(F)F)c4)[C@H](c4ccc(N(C)C)cc4)C3C2=O)cc1. The summed E-state index contributed by atoms with van der Waals surface area (Å²) in [6.07, 6.45) is -4.60. The maximum absolute atomic E-state index is 14.1. The molecule has 0 saturated carbocycles. The average Bonchev–Trinajstić information content (AvgIpc) is 3.47. The summed E-state index contributed by atoms with van der Waals surface area (Å²) in [6, 6.07) is 18.3. The first-order chi connectivity index (χ1) is 21.9. The number of rotatable bonds is 7. The molecule has 1 saturated heterocycles. The van der Waals surface area contributed by atoms with Crippen LogP contribution in [-0.2, 0) is 27.1 Å². The summed E-state index contributed by atoms with van der Waals surface area (Å²) < 4.78 is 46.1. The van der Waals surface area contributed by atoms with Gasteiger partial charge in [-0.2, -0.15) is 13.2 Å². The van der Waals surface area contributed by atoms with Gasteiger partial charge in [0.2, 0.25) is 17.7 Å². The van der Waals surface area contributed by atoms with Crippen LogP contribution in [-0.4, -0.2) is 48.7 Å². The normalized spacial score (nSPS) is 19.1. The highest BCUT2D eigenvalue weighted by Crippen LogP contribution is 2.54. The Morgan fingerprint density at radius 3 is 2.30 bits per heavy atom. The van der Waals surface area contributed by atoms with E-state index in [1.54, 1.807) is 24.3 Å². The highest BCUT2D eigenvalue weighted by atomic mass is 32.2. The summed E-state index contributed by atoms with van der Waals surface area (Å²) in [5.74, 6) is -2.52. The number of nitrogens with one attached hydrogen (secondary N) is 1. The Morgan fingerprint density at radius 1 is 0.978 bits per heavy atom. The minimum Gasteiger partial charge on any atom is -0.497 e. The zero-order valence-corrected chi connectivity index (χ0v) is 26.3. The van der Waals surface area contributed by atoms with Crippen molar-refractivity contribution in [1.82, 2.24) is 4.57 Å². The Morgan fingerprint density at radius 2 is 1.67 bits per heavy atom. The van der Waals surface area contributed by atoms with Gasteiger partial charge >= 0.3 is 11.0 Å². The molecule has 0 spiro atoms. The molecule has 3 aromatic carbocycles. The number of carbonyl (C=O) groups excluding carboxylic acids is 3. The summed E-state index contributed by atoms with van der Waals surface area (Å²) in [6.45, 7) is -0.498. The molecule has 3 amide bonds. The van der Waals surface area contributed by atoms with Crippen molar-refractivity contribution in [2.45, 2.75) is 28.9 Å². The molecule has 2 unspecified atom stereocenters. The van der Waals surface area contributed by atoms with E-state index in [1.807, 2.05) is 43.3 Å². The largest absolute Gasteiger partial charge is 0.497 e. The molecule has 0 aliphatic carbocycles. The lowest BCUT2D eigenvalue weighted by atomic mass is 9.83. The van der Waals surface area contributed by atoms with Crippen molar-refractivity contribution in [1.29, 1.82) is 0 Å². The zero-order valence-electron chi connectivity index (χ0n) is 24.7. The maximum Gasteiger partial charge on any atom is 0.416 e. The molecule has 0 bridgehead atoms. The fourth-order valence-corrected chi connectivity index (χ4v) is 8.47. The summed E-state index contributed by atoms with van der Waals surface area (Å²) in [7, 11) is 5.29. The van der Waals surface area contributed by atoms with Crippen LogP contribution in [0, 0.1) is 5.92 Å². The topological polar surface area (TPSA) is 101 Å². The molecule has 2 aliphatic rings. The highest BCUT2D eigenvalue weighted by Gasteiger charge is 2.56. The van der Waals surface area contributed by atoms with E-state index in [9.17, 15) is 32.3 Å². The van der Waals surface area contributed by atoms with Gasteiger partial charge in [0.15, 0.2) is 0 Å². The molecule has 238 valence electrons. The first kappa shape index (κ1) is 31.4. The monoisotopic (exact) mass is 668 g/mol. The number of ether oxygens (including phenoxy) is 1. The van der Waals surface area contributed by atoms with Gasteiger partial charge in [-0.1, -0.05) is 41.3 Å². The summed E-state index contributed by atoms with van der Waals surface area (Å²) >= 11 is 1.94. The van der Waals surface area contributed by atoms with E-state index in [0.717, 1.165) is 51.4 Å². The van der Waals surface area contributed by atoms with Crippen molar-refractivity contribution < 1.29 is 32.3 Å². The molecule has 1 fully saturated rings. The zero-order chi connectivity index (χ0) is 32.9. The number of carbonyl (C=O) groups is 3. The molecule has 9 nitrogen and oxygen atoms in total. The molecule has 0 radical (unpaired) electrons. The summed E-state index contributed by atoms with van der Waals surface area (Å²) in [5.41, 5.74) is 1.02. The Kier molecular flexibility index (Phi) is 8.19. The number of anilines is 3. The predicted octanol–water partition coefficient (Wildman–Crippen LogP) is 5.44. The van der Waals surface area contributed by atoms with Gasteiger partial charge in [-0.25, -0.2) is 4.90 Å². The molecule has 3 heterocycles. The Labute approximate surface area is 269 Å². The number of aromatic nitrogens is 1. The van der Waals surface area contributed by atoms with Crippen LogP contribution in [0.3, 0.4) is 0 Å². The number of benzene rings is 3. The van der Waals surface area contributed by atoms with Crippen LogP contribution in [0.5, 0.6) is 5.75 Å². The van der Waals surface area contributed by atoms with Crippen LogP contribution in [0.25, 0.3) is 0 Å². The van der Waals surface area contributed by atoms with E-state index in [-0.39, 0.29) is 5.69 Å². The number of halogens is 3. The Bertz CT molecular complexity index is 1890. The molecule has 1 aromatic heterocycles. The lowest BCUT2D eigenvalue weighted by Gasteiger charge is -2.31. The molecule has 46 heavy (non-hydrogen) atoms. The van der Waals surface area contributed by atoms with Crippen LogP contribution >= 0.6 is 23.1 Å². The number of imide groups is 1. The number of thiazole rings is 1. The first-order valence-corrected chi connectivity index (χ1v) is 15.7. The highest BCUT2D eigenvalue weighted by molar-refractivity contribution is 8.00. The molecule has 14 heteroatoms. The number of hydrogen-bond donors (Lipinski definition) is 1. The molecule has 3 atom stereocenters. The lowest BCUT2D eigenvalue weighted by Crippen LogP contribution is -2.33. The van der Waals surface area contributed by atoms with Crippen molar-refractivity contribution in [2.75, 3.05) is 36.3 Å². The van der Waals surface area contributed by atoms with Gasteiger partial charge in [0.05, 0.1) is 29.3 Å². The molecule has 4 aromatic rings. The second-order valence-electron chi connectivity index (χ2n) is 11.0. The standard InChI is InChI=1S/C32H27F3N4O5S2/c1-37(2)20-9-7-17(8-10-20)24-25-26(29(42)39(28(25)41)21-11-13-22(44-3)14-12-21)45-30-27(24)46-31(43)38(30)16-23(40)36-19-6-4-5-18(15-19)32(33,34)35/h4-15,24-26H,16H2,1-3H3,(H,36,40)/t24-,25?,26?/m1/s1. The van der Waals surface area contributed by atoms with Gasteiger partial charge in [0, 0.05) is 36.3 Å². The molecular weight excluding hydrogens is 642 g/mol. The van der Waals surface area contributed by atoms with Crippen molar-refractivity contribution >= 4 is 57.9 Å². The molecule has 1 N–H and O–H groups in total. The minimum absolute atomic E-state index is 0.0738. The summed E-state index contributed by atoms with van der Waals surface area (Å²) in [4.78, 5) is 57.6. The summed E-state index contributed by atoms with van der Waals surface area (Å²) in [5, 5.41) is 1.91. The van der Waals surface area contributed by atoms with Crippen LogP contribution in [0.4, 0.5) is 30.2 Å². The van der Waals surface area contributed by atoms with Crippen molar-refractivity contribution in [3.05, 3.63) is 98.5 Å². The third-order valence-electron chi connectivity index (χ3n) is 7.92. The fourth-order valence-electron chi connectivity index (χ4n) is 5.70. The minimum atomic E-state index is -4.60. The maximum atomic E-state index is 14.1. The van der Waals surface area contributed by atoms with Crippen LogP contribution in [0.15, 0.2) is 82.6 Å². The number of methoxy groups -OCH3 is 1. The first-order valence-electron chi connectivity index (χ1n) is 14.0. The van der Waals surface area contributed by atoms with Gasteiger partial charge in [-0.15, -0.1) is 0 Å². The van der Waals surface area contributed by atoms with E-state index in [1.165, 1.54) is 23.8 Å². The Balaban J connectivity index is 1.38. The Hall–Kier alpha value is -4.56. The van der Waals surface area contributed by atoms with E-state index in [2.05, 4.69) is 5.32 Å². The van der Waals surface area contributed by atoms with E-state index in [0.29, 0.717) is 21.3 Å². The number of hydrogen-bond acceptors (Lipinski definition) is 8.